The molecular weight excluding hydrogens is 268 g/mol. The zero-order valence-electron chi connectivity index (χ0n) is 9.04. The molecule has 0 aromatic heterocycles. The predicted octanol–water partition coefficient (Wildman–Crippen LogP) is -1.02. The van der Waals surface area contributed by atoms with Crippen LogP contribution in [0.1, 0.15) is 6.92 Å². The number of aliphatic carboxylic acids is 2. The first-order valence-corrected chi connectivity index (χ1v) is 6.12. The molecule has 5 N–H and O–H groups in total. The first kappa shape index (κ1) is 16.1. The fraction of sp³-hybridized carbons (Fsp3) is 0.625. The summed E-state index contributed by atoms with van der Waals surface area (Å²) in [7, 11) is 0. The number of nitrogens with one attached hydrogen (secondary N) is 1. The first-order chi connectivity index (χ1) is 7.75. The monoisotopic (exact) mass is 282 g/mol. The Labute approximate surface area is 108 Å². The number of hydrogen-bond acceptors (Lipinski definition) is 6. The highest BCUT2D eigenvalue weighted by atomic mass is 32.2. The summed E-state index contributed by atoms with van der Waals surface area (Å²) in [6.07, 6.45) is 0. The van der Waals surface area contributed by atoms with Crippen LogP contribution in [-0.2, 0) is 14.4 Å². The van der Waals surface area contributed by atoms with E-state index in [9.17, 15) is 14.4 Å². The Bertz CT molecular complexity index is 325. The van der Waals surface area contributed by atoms with Gasteiger partial charge < -0.3 is 21.3 Å². The van der Waals surface area contributed by atoms with Crippen molar-refractivity contribution in [2.24, 2.45) is 5.73 Å². The number of thiol groups is 1. The quantitative estimate of drug-likeness (QED) is 0.298. The zero-order chi connectivity index (χ0) is 13.6. The number of carbonyl (C=O) groups is 3. The van der Waals surface area contributed by atoms with E-state index in [1.807, 2.05) is 0 Å². The van der Waals surface area contributed by atoms with Crippen molar-refractivity contribution in [2.45, 2.75) is 17.8 Å². The minimum absolute atomic E-state index is 0.150. The lowest BCUT2D eigenvalue weighted by molar-refractivity contribution is -0.142. The molecule has 98 valence electrons. The normalized spacial score (nSPS) is 15.7. The maximum atomic E-state index is 11.1. The standard InChI is InChI=1S/C8H14N2O5S2/c1-4(11)10-8(3-16,7(14)15)17-2-5(9)6(12)13/h5,16H,2-3,9H2,1H3,(H,10,11)(H,12,13)(H,14,15)/t5-,8-/m0/s1. The van der Waals surface area contributed by atoms with E-state index < -0.39 is 28.8 Å². The third kappa shape index (κ3) is 4.84. The lowest BCUT2D eigenvalue weighted by Crippen LogP contribution is -2.54. The number of thioether (sulfide) groups is 1. The molecule has 0 spiro atoms. The highest BCUT2D eigenvalue weighted by molar-refractivity contribution is 8.02. The number of hydrogen-bond donors (Lipinski definition) is 5. The van der Waals surface area contributed by atoms with E-state index in [0.717, 1.165) is 11.8 Å². The van der Waals surface area contributed by atoms with Gasteiger partial charge in [0.25, 0.3) is 0 Å². The van der Waals surface area contributed by atoms with Gasteiger partial charge in [-0.1, -0.05) is 0 Å². The summed E-state index contributed by atoms with van der Waals surface area (Å²) < 4.78 is 0. The second kappa shape index (κ2) is 6.72. The summed E-state index contributed by atoms with van der Waals surface area (Å²) in [5, 5.41) is 19.9. The lowest BCUT2D eigenvalue weighted by atomic mass is 10.3. The van der Waals surface area contributed by atoms with Gasteiger partial charge in [-0.2, -0.15) is 12.6 Å². The Morgan fingerprint density at radius 3 is 2.29 bits per heavy atom. The van der Waals surface area contributed by atoms with Crippen LogP contribution in [0.5, 0.6) is 0 Å². The Hall–Kier alpha value is -0.930. The number of carboxylic acids is 2. The van der Waals surface area contributed by atoms with Gasteiger partial charge >= 0.3 is 11.9 Å². The average Bonchev–Trinajstić information content (AvgIpc) is 2.22. The van der Waals surface area contributed by atoms with Gasteiger partial charge in [0.15, 0.2) is 4.87 Å². The molecule has 2 atom stereocenters. The molecule has 0 saturated carbocycles. The van der Waals surface area contributed by atoms with Gasteiger partial charge in [0.1, 0.15) is 6.04 Å². The Balaban J connectivity index is 4.75. The third-order valence-corrected chi connectivity index (χ3v) is 3.90. The number of nitrogens with two attached hydrogens (primary N) is 1. The first-order valence-electron chi connectivity index (χ1n) is 4.50. The highest BCUT2D eigenvalue weighted by Crippen LogP contribution is 2.25. The molecule has 0 rings (SSSR count). The van der Waals surface area contributed by atoms with Crippen LogP contribution in [0.15, 0.2) is 0 Å². The van der Waals surface area contributed by atoms with Crippen LogP contribution in [0.3, 0.4) is 0 Å². The fourth-order valence-corrected chi connectivity index (χ4v) is 2.42. The Morgan fingerprint density at radius 2 is 2.00 bits per heavy atom. The van der Waals surface area contributed by atoms with Crippen LogP contribution in [0.2, 0.25) is 0 Å². The molecule has 0 unspecified atom stereocenters. The van der Waals surface area contributed by atoms with Crippen LogP contribution in [0.25, 0.3) is 0 Å². The van der Waals surface area contributed by atoms with Crippen molar-refractivity contribution in [2.75, 3.05) is 11.5 Å². The van der Waals surface area contributed by atoms with Crippen molar-refractivity contribution >= 4 is 42.2 Å². The second-order valence-corrected chi connectivity index (χ2v) is 4.86. The van der Waals surface area contributed by atoms with Crippen molar-refractivity contribution in [3.05, 3.63) is 0 Å². The summed E-state index contributed by atoms with van der Waals surface area (Å²) >= 11 is 4.59. The maximum absolute atomic E-state index is 11.1. The van der Waals surface area contributed by atoms with Crippen molar-refractivity contribution in [3.8, 4) is 0 Å². The lowest BCUT2D eigenvalue weighted by Gasteiger charge is -2.28. The predicted molar refractivity (Wildman–Crippen MR) is 66.1 cm³/mol. The number of amides is 1. The van der Waals surface area contributed by atoms with E-state index in [4.69, 9.17) is 15.9 Å². The highest BCUT2D eigenvalue weighted by Gasteiger charge is 2.39. The average molecular weight is 282 g/mol. The molecule has 1 amide bonds. The summed E-state index contributed by atoms with van der Waals surface area (Å²) in [6.45, 7) is 1.17. The molecule has 0 bridgehead atoms. The van der Waals surface area contributed by atoms with Crippen molar-refractivity contribution in [1.29, 1.82) is 0 Å². The molecule has 0 fully saturated rings. The topological polar surface area (TPSA) is 130 Å². The Morgan fingerprint density at radius 1 is 1.47 bits per heavy atom. The van der Waals surface area contributed by atoms with Gasteiger partial charge in [-0.25, -0.2) is 4.79 Å². The fourth-order valence-electron chi connectivity index (χ4n) is 0.892. The molecule has 0 aliphatic heterocycles. The van der Waals surface area contributed by atoms with E-state index in [-0.39, 0.29) is 11.5 Å². The van der Waals surface area contributed by atoms with E-state index in [2.05, 4.69) is 17.9 Å². The van der Waals surface area contributed by atoms with Gasteiger partial charge in [0.2, 0.25) is 5.91 Å². The molecule has 17 heavy (non-hydrogen) atoms. The van der Waals surface area contributed by atoms with Crippen LogP contribution in [0.4, 0.5) is 0 Å². The second-order valence-electron chi connectivity index (χ2n) is 3.23. The Kier molecular flexibility index (Phi) is 6.35. The summed E-state index contributed by atoms with van der Waals surface area (Å²) in [6, 6.07) is -1.20. The van der Waals surface area contributed by atoms with Gasteiger partial charge in [0, 0.05) is 18.4 Å². The maximum Gasteiger partial charge on any atom is 0.340 e. The van der Waals surface area contributed by atoms with E-state index in [1.165, 1.54) is 6.92 Å². The molecular formula is C8H14N2O5S2. The smallest absolute Gasteiger partial charge is 0.340 e. The van der Waals surface area contributed by atoms with E-state index in [1.54, 1.807) is 0 Å². The van der Waals surface area contributed by atoms with Crippen molar-refractivity contribution < 1.29 is 24.6 Å². The molecule has 0 aliphatic rings. The molecule has 7 nitrogen and oxygen atoms in total. The van der Waals surface area contributed by atoms with Crippen molar-refractivity contribution in [1.82, 2.24) is 5.32 Å². The summed E-state index contributed by atoms with van der Waals surface area (Å²) in [5.41, 5.74) is 5.26. The van der Waals surface area contributed by atoms with E-state index >= 15 is 0 Å². The van der Waals surface area contributed by atoms with E-state index in [0.29, 0.717) is 0 Å². The van der Waals surface area contributed by atoms with Gasteiger partial charge in [0.05, 0.1) is 0 Å². The van der Waals surface area contributed by atoms with Crippen molar-refractivity contribution in [3.63, 3.8) is 0 Å². The molecule has 0 aromatic carbocycles. The molecule has 0 aromatic rings. The summed E-state index contributed by atoms with van der Waals surface area (Å²) in [5.74, 6) is -3.41. The number of carbonyl (C=O) groups excluding carboxylic acids is 1. The van der Waals surface area contributed by atoms with Crippen LogP contribution in [0, 0.1) is 0 Å². The molecule has 0 heterocycles. The zero-order valence-corrected chi connectivity index (χ0v) is 10.8. The SMILES string of the molecule is CC(=O)N[C@@](CS)(SC[C@H](N)C(=O)O)C(=O)O. The number of carboxylic acid groups (broad SMARTS) is 2. The van der Waals surface area contributed by atoms with Gasteiger partial charge in [-0.05, 0) is 0 Å². The van der Waals surface area contributed by atoms with Gasteiger partial charge in [-0.15, -0.1) is 11.8 Å². The minimum Gasteiger partial charge on any atom is -0.480 e. The van der Waals surface area contributed by atoms with Crippen LogP contribution in [-0.4, -0.2) is 50.5 Å². The number of rotatable bonds is 7. The largest absolute Gasteiger partial charge is 0.480 e. The van der Waals surface area contributed by atoms with Crippen LogP contribution >= 0.6 is 24.4 Å². The summed E-state index contributed by atoms with van der Waals surface area (Å²) in [4.78, 5) is 30.9. The van der Waals surface area contributed by atoms with Crippen LogP contribution < -0.4 is 11.1 Å². The third-order valence-electron chi connectivity index (χ3n) is 1.77. The molecule has 9 heteroatoms. The minimum atomic E-state index is -1.66. The molecule has 0 radical (unpaired) electrons. The molecule has 0 aliphatic carbocycles. The molecule has 0 saturated heterocycles. The van der Waals surface area contributed by atoms with Gasteiger partial charge in [-0.3, -0.25) is 9.59 Å².